The third-order valence-electron chi connectivity index (χ3n) is 2.62. The van der Waals surface area contributed by atoms with Crippen molar-refractivity contribution < 1.29 is 8.42 Å². The number of aryl methyl sites for hydroxylation is 1. The Balaban J connectivity index is 2.05. The molecule has 0 saturated carbocycles. The van der Waals surface area contributed by atoms with Gasteiger partial charge in [0.2, 0.25) is 0 Å². The Morgan fingerprint density at radius 3 is 2.80 bits per heavy atom. The maximum absolute atomic E-state index is 11.3. The highest BCUT2D eigenvalue weighted by Crippen LogP contribution is 2.18. The summed E-state index contributed by atoms with van der Waals surface area (Å²) in [6, 6.07) is 8.08. The van der Waals surface area contributed by atoms with Gasteiger partial charge in [0, 0.05) is 11.7 Å². The minimum atomic E-state index is -2.79. The third-order valence-corrected chi connectivity index (χ3v) is 4.39. The fraction of sp³-hybridized carbons (Fsp3) is 0.455. The molecule has 0 spiro atoms. The van der Waals surface area contributed by atoms with Gasteiger partial charge < -0.3 is 5.32 Å². The summed E-state index contributed by atoms with van der Waals surface area (Å²) in [5.41, 5.74) is 2.19. The molecular weight excluding hydrogens is 210 g/mol. The summed E-state index contributed by atoms with van der Waals surface area (Å²) in [5, 5.41) is 3.26. The van der Waals surface area contributed by atoms with Crippen molar-refractivity contribution in [1.82, 2.24) is 0 Å². The molecule has 1 aliphatic heterocycles. The molecule has 0 radical (unpaired) electrons. The van der Waals surface area contributed by atoms with Crippen molar-refractivity contribution in [2.45, 2.75) is 19.4 Å². The van der Waals surface area contributed by atoms with E-state index in [1.54, 1.807) is 0 Å². The van der Waals surface area contributed by atoms with Gasteiger partial charge in [0.1, 0.15) is 0 Å². The van der Waals surface area contributed by atoms with Crippen LogP contribution >= 0.6 is 0 Å². The first-order valence-corrected chi connectivity index (χ1v) is 6.91. The van der Waals surface area contributed by atoms with Crippen LogP contribution in [0, 0.1) is 6.92 Å². The number of rotatable bonds is 2. The van der Waals surface area contributed by atoms with Crippen molar-refractivity contribution in [3.63, 3.8) is 0 Å². The average Bonchev–Trinajstić information content (AvgIpc) is 2.45. The zero-order valence-corrected chi connectivity index (χ0v) is 9.55. The number of sulfone groups is 1. The monoisotopic (exact) mass is 225 g/mol. The van der Waals surface area contributed by atoms with Gasteiger partial charge >= 0.3 is 0 Å². The molecule has 4 heteroatoms. The quantitative estimate of drug-likeness (QED) is 0.831. The molecule has 1 N–H and O–H groups in total. The lowest BCUT2D eigenvalue weighted by molar-refractivity contribution is 0.602. The van der Waals surface area contributed by atoms with Crippen LogP contribution in [0.3, 0.4) is 0 Å². The summed E-state index contributed by atoms with van der Waals surface area (Å²) in [7, 11) is -2.79. The van der Waals surface area contributed by atoms with Crippen molar-refractivity contribution in [2.75, 3.05) is 16.8 Å². The highest BCUT2D eigenvalue weighted by molar-refractivity contribution is 7.91. The molecule has 0 aromatic heterocycles. The van der Waals surface area contributed by atoms with Crippen LogP contribution < -0.4 is 5.32 Å². The number of nitrogens with one attached hydrogen (secondary N) is 1. The minimum Gasteiger partial charge on any atom is -0.381 e. The van der Waals surface area contributed by atoms with Gasteiger partial charge in [-0.15, -0.1) is 0 Å². The Morgan fingerprint density at radius 1 is 1.40 bits per heavy atom. The van der Waals surface area contributed by atoms with Crippen LogP contribution in [0.5, 0.6) is 0 Å². The van der Waals surface area contributed by atoms with Gasteiger partial charge in [0.15, 0.2) is 9.84 Å². The molecule has 1 aromatic rings. The molecule has 1 unspecified atom stereocenters. The van der Waals surface area contributed by atoms with E-state index in [2.05, 4.69) is 5.32 Å². The number of benzene rings is 1. The summed E-state index contributed by atoms with van der Waals surface area (Å²) in [4.78, 5) is 0. The van der Waals surface area contributed by atoms with E-state index in [1.807, 2.05) is 31.2 Å². The number of hydrogen-bond donors (Lipinski definition) is 1. The first-order valence-electron chi connectivity index (χ1n) is 5.09. The summed E-state index contributed by atoms with van der Waals surface area (Å²) in [6.07, 6.45) is 0.719. The predicted molar refractivity (Wildman–Crippen MR) is 61.9 cm³/mol. The molecule has 1 aliphatic rings. The van der Waals surface area contributed by atoms with Crippen molar-refractivity contribution in [1.29, 1.82) is 0 Å². The van der Waals surface area contributed by atoms with Gasteiger partial charge in [-0.1, -0.05) is 12.1 Å². The molecule has 0 aliphatic carbocycles. The van der Waals surface area contributed by atoms with Crippen molar-refractivity contribution in [3.05, 3.63) is 29.8 Å². The van der Waals surface area contributed by atoms with Gasteiger partial charge in [-0.25, -0.2) is 8.42 Å². The molecule has 1 aromatic carbocycles. The second kappa shape index (κ2) is 3.85. The second-order valence-electron chi connectivity index (χ2n) is 4.11. The molecule has 15 heavy (non-hydrogen) atoms. The molecule has 0 amide bonds. The summed E-state index contributed by atoms with van der Waals surface area (Å²) in [6.45, 7) is 2.02. The van der Waals surface area contributed by atoms with Crippen LogP contribution in [0.2, 0.25) is 0 Å². The van der Waals surface area contributed by atoms with E-state index >= 15 is 0 Å². The normalized spacial score (nSPS) is 23.9. The van der Waals surface area contributed by atoms with Gasteiger partial charge in [0.05, 0.1) is 11.5 Å². The van der Waals surface area contributed by atoms with Crippen LogP contribution in [-0.4, -0.2) is 26.0 Å². The highest BCUT2D eigenvalue weighted by atomic mass is 32.2. The Morgan fingerprint density at radius 2 is 2.20 bits per heavy atom. The van der Waals surface area contributed by atoms with Crippen LogP contribution in [0.1, 0.15) is 12.0 Å². The Kier molecular flexibility index (Phi) is 2.69. The molecule has 3 nitrogen and oxygen atoms in total. The second-order valence-corrected chi connectivity index (χ2v) is 6.34. The van der Waals surface area contributed by atoms with E-state index in [0.717, 1.165) is 12.1 Å². The zero-order chi connectivity index (χ0) is 10.9. The predicted octanol–water partition coefficient (Wildman–Crippen LogP) is 1.59. The summed E-state index contributed by atoms with van der Waals surface area (Å²) >= 11 is 0. The lowest BCUT2D eigenvalue weighted by Crippen LogP contribution is -2.20. The fourth-order valence-electron chi connectivity index (χ4n) is 1.88. The fourth-order valence-corrected chi connectivity index (χ4v) is 3.55. The zero-order valence-electron chi connectivity index (χ0n) is 8.73. The molecule has 1 heterocycles. The molecular formula is C11H15NO2S. The molecule has 82 valence electrons. The van der Waals surface area contributed by atoms with Gasteiger partial charge in [-0.2, -0.15) is 0 Å². The van der Waals surface area contributed by atoms with Gasteiger partial charge in [-0.05, 0) is 31.0 Å². The van der Waals surface area contributed by atoms with Gasteiger partial charge in [0.25, 0.3) is 0 Å². The van der Waals surface area contributed by atoms with Crippen LogP contribution in [0.25, 0.3) is 0 Å². The van der Waals surface area contributed by atoms with Crippen molar-refractivity contribution in [2.24, 2.45) is 0 Å². The lowest BCUT2D eigenvalue weighted by Gasteiger charge is -2.12. The topological polar surface area (TPSA) is 46.2 Å². The average molecular weight is 225 g/mol. The number of hydrogen-bond acceptors (Lipinski definition) is 3. The molecule has 2 rings (SSSR count). The first kappa shape index (κ1) is 10.5. The summed E-state index contributed by atoms with van der Waals surface area (Å²) in [5.74, 6) is 0.581. The Hall–Kier alpha value is -1.03. The molecule has 0 bridgehead atoms. The molecule has 1 fully saturated rings. The first-order chi connectivity index (χ1) is 7.05. The number of anilines is 1. The lowest BCUT2D eigenvalue weighted by atomic mass is 10.2. The summed E-state index contributed by atoms with van der Waals surface area (Å²) < 4.78 is 22.5. The maximum atomic E-state index is 11.3. The van der Waals surface area contributed by atoms with Gasteiger partial charge in [-0.3, -0.25) is 0 Å². The Labute approximate surface area is 90.4 Å². The smallest absolute Gasteiger partial charge is 0.152 e. The third kappa shape index (κ3) is 2.72. The van der Waals surface area contributed by atoms with Crippen LogP contribution in [0.4, 0.5) is 5.69 Å². The van der Waals surface area contributed by atoms with Crippen molar-refractivity contribution >= 4 is 15.5 Å². The standard InChI is InChI=1S/C11H15NO2S/c1-9-3-2-4-10(7-9)12-11-5-6-15(13,14)8-11/h2-4,7,11-12H,5-6,8H2,1H3. The molecule has 1 saturated heterocycles. The van der Waals surface area contributed by atoms with E-state index in [-0.39, 0.29) is 11.8 Å². The molecule has 1 atom stereocenters. The van der Waals surface area contributed by atoms with E-state index < -0.39 is 9.84 Å². The highest BCUT2D eigenvalue weighted by Gasteiger charge is 2.27. The van der Waals surface area contributed by atoms with E-state index in [9.17, 15) is 8.42 Å². The SMILES string of the molecule is Cc1cccc(NC2CCS(=O)(=O)C2)c1. The van der Waals surface area contributed by atoms with Crippen LogP contribution in [0.15, 0.2) is 24.3 Å². The largest absolute Gasteiger partial charge is 0.381 e. The minimum absolute atomic E-state index is 0.0804. The Bertz CT molecular complexity index is 453. The maximum Gasteiger partial charge on any atom is 0.152 e. The van der Waals surface area contributed by atoms with Crippen LogP contribution in [-0.2, 0) is 9.84 Å². The van der Waals surface area contributed by atoms with Crippen molar-refractivity contribution in [3.8, 4) is 0 Å². The van der Waals surface area contributed by atoms with E-state index in [1.165, 1.54) is 5.56 Å². The van der Waals surface area contributed by atoms with E-state index in [0.29, 0.717) is 5.75 Å². The van der Waals surface area contributed by atoms with E-state index in [4.69, 9.17) is 0 Å².